The summed E-state index contributed by atoms with van der Waals surface area (Å²) in [4.78, 5) is 22.1. The van der Waals surface area contributed by atoms with Crippen LogP contribution in [0, 0.1) is 5.82 Å². The van der Waals surface area contributed by atoms with Gasteiger partial charge >= 0.3 is 11.9 Å². The van der Waals surface area contributed by atoms with Crippen LogP contribution < -0.4 is 0 Å². The van der Waals surface area contributed by atoms with Gasteiger partial charge in [0.15, 0.2) is 0 Å². The van der Waals surface area contributed by atoms with Crippen molar-refractivity contribution >= 4 is 11.9 Å². The fourth-order valence-corrected chi connectivity index (χ4v) is 1.25. The maximum Gasteiger partial charge on any atom is 0.373 e. The minimum Gasteiger partial charge on any atom is -0.463 e. The summed E-state index contributed by atoms with van der Waals surface area (Å²) in [6.45, 7) is 1.19. The molecule has 0 amide bonds. The first-order valence-corrected chi connectivity index (χ1v) is 5.24. The Morgan fingerprint density at radius 1 is 1.28 bits per heavy atom. The van der Waals surface area contributed by atoms with Gasteiger partial charge in [0.1, 0.15) is 5.82 Å². The molecule has 1 aromatic carbocycles. The molecule has 0 spiro atoms. The maximum absolute atomic E-state index is 12.7. The molecule has 0 bridgehead atoms. The second-order valence-electron chi connectivity index (χ2n) is 3.48. The van der Waals surface area contributed by atoms with E-state index in [1.165, 1.54) is 32.2 Å². The smallest absolute Gasteiger partial charge is 0.373 e. The lowest BCUT2D eigenvalue weighted by atomic mass is 10.1. The third-order valence-electron chi connectivity index (χ3n) is 2.08. The van der Waals surface area contributed by atoms with E-state index in [1.807, 2.05) is 0 Å². The number of halogens is 1. The topological polar surface area (TPSA) is 52.6 Å². The van der Waals surface area contributed by atoms with Crippen LogP contribution in [0.4, 0.5) is 4.39 Å². The van der Waals surface area contributed by atoms with Crippen molar-refractivity contribution in [3.63, 3.8) is 0 Å². The van der Waals surface area contributed by atoms with Gasteiger partial charge < -0.3 is 9.47 Å². The molecule has 0 saturated heterocycles. The molecule has 0 aliphatic rings. The molecule has 0 atom stereocenters. The molecule has 0 radical (unpaired) electrons. The van der Waals surface area contributed by atoms with E-state index in [9.17, 15) is 14.0 Å². The van der Waals surface area contributed by atoms with Gasteiger partial charge in [0.2, 0.25) is 5.76 Å². The van der Waals surface area contributed by atoms with Crippen molar-refractivity contribution in [3.8, 4) is 0 Å². The highest BCUT2D eigenvalue weighted by molar-refractivity contribution is 5.89. The number of hydrogen-bond acceptors (Lipinski definition) is 4. The number of carbonyl (C=O) groups is 2. The average Bonchev–Trinajstić information content (AvgIpc) is 2.35. The molecule has 0 aliphatic carbocycles. The standard InChI is InChI=1S/C13H13FO4/c1-9(15)18-12(13(16)17-2)8-5-10-3-6-11(14)7-4-10/h3-4,6-8H,5H2,1-2H3. The zero-order chi connectivity index (χ0) is 13.5. The Hall–Kier alpha value is -2.17. The number of carbonyl (C=O) groups excluding carboxylic acids is 2. The summed E-state index contributed by atoms with van der Waals surface area (Å²) >= 11 is 0. The van der Waals surface area contributed by atoms with Crippen molar-refractivity contribution in [2.45, 2.75) is 13.3 Å². The first kappa shape index (κ1) is 13.9. The van der Waals surface area contributed by atoms with Crippen molar-refractivity contribution in [3.05, 3.63) is 47.5 Å². The van der Waals surface area contributed by atoms with Crippen molar-refractivity contribution in [1.29, 1.82) is 0 Å². The molecule has 0 N–H and O–H groups in total. The Bertz CT molecular complexity index is 462. The molecule has 0 heterocycles. The molecule has 5 heteroatoms. The van der Waals surface area contributed by atoms with E-state index < -0.39 is 11.9 Å². The van der Waals surface area contributed by atoms with Crippen LogP contribution in [0.1, 0.15) is 12.5 Å². The molecule has 1 rings (SSSR count). The number of allylic oxidation sites excluding steroid dienone is 1. The molecule has 4 nitrogen and oxygen atoms in total. The SMILES string of the molecule is COC(=O)C(=CCc1ccc(F)cc1)OC(C)=O. The number of hydrogen-bond donors (Lipinski definition) is 0. The summed E-state index contributed by atoms with van der Waals surface area (Å²) in [5.74, 6) is -1.84. The number of benzene rings is 1. The van der Waals surface area contributed by atoms with E-state index in [2.05, 4.69) is 4.74 Å². The monoisotopic (exact) mass is 252 g/mol. The molecular formula is C13H13FO4. The van der Waals surface area contributed by atoms with Crippen LogP contribution in [0.15, 0.2) is 36.1 Å². The fourth-order valence-electron chi connectivity index (χ4n) is 1.25. The van der Waals surface area contributed by atoms with Crippen LogP contribution in [0.3, 0.4) is 0 Å². The number of esters is 2. The van der Waals surface area contributed by atoms with E-state index in [-0.39, 0.29) is 11.6 Å². The van der Waals surface area contributed by atoms with Crippen molar-refractivity contribution in [1.82, 2.24) is 0 Å². The average molecular weight is 252 g/mol. The van der Waals surface area contributed by atoms with E-state index in [0.29, 0.717) is 6.42 Å². The van der Waals surface area contributed by atoms with Crippen molar-refractivity contribution in [2.24, 2.45) is 0 Å². The largest absolute Gasteiger partial charge is 0.463 e. The summed E-state index contributed by atoms with van der Waals surface area (Å²) in [5, 5.41) is 0. The Balaban J connectivity index is 2.79. The Kier molecular flexibility index (Phi) is 5.05. The first-order valence-electron chi connectivity index (χ1n) is 5.24. The first-order chi connectivity index (χ1) is 8.52. The van der Waals surface area contributed by atoms with Gasteiger partial charge in [0.25, 0.3) is 0 Å². The van der Waals surface area contributed by atoms with Gasteiger partial charge in [-0.3, -0.25) is 4.79 Å². The van der Waals surface area contributed by atoms with E-state index in [1.54, 1.807) is 12.1 Å². The highest BCUT2D eigenvalue weighted by atomic mass is 19.1. The van der Waals surface area contributed by atoms with Crippen LogP contribution >= 0.6 is 0 Å². The lowest BCUT2D eigenvalue weighted by Gasteiger charge is -2.04. The lowest BCUT2D eigenvalue weighted by Crippen LogP contribution is -2.11. The molecule has 0 unspecified atom stereocenters. The third-order valence-corrected chi connectivity index (χ3v) is 2.08. The quantitative estimate of drug-likeness (QED) is 0.467. The number of ether oxygens (including phenoxy) is 2. The molecule has 96 valence electrons. The summed E-state index contributed by atoms with van der Waals surface area (Å²) in [7, 11) is 1.19. The fraction of sp³-hybridized carbons (Fsp3) is 0.231. The van der Waals surface area contributed by atoms with Gasteiger partial charge in [0, 0.05) is 6.92 Å². The van der Waals surface area contributed by atoms with Crippen LogP contribution in [0.25, 0.3) is 0 Å². The maximum atomic E-state index is 12.7. The summed E-state index contributed by atoms with van der Waals surface area (Å²) in [6, 6.07) is 5.78. The molecular weight excluding hydrogens is 239 g/mol. The van der Waals surface area contributed by atoms with Crippen LogP contribution in [-0.2, 0) is 25.5 Å². The third kappa shape index (κ3) is 4.37. The van der Waals surface area contributed by atoms with Gasteiger partial charge in [-0.2, -0.15) is 0 Å². The minimum absolute atomic E-state index is 0.172. The van der Waals surface area contributed by atoms with Crippen LogP contribution in [-0.4, -0.2) is 19.0 Å². The number of methoxy groups -OCH3 is 1. The van der Waals surface area contributed by atoms with Gasteiger partial charge in [-0.15, -0.1) is 0 Å². The van der Waals surface area contributed by atoms with E-state index in [4.69, 9.17) is 4.74 Å². The molecule has 0 saturated carbocycles. The Morgan fingerprint density at radius 2 is 1.89 bits per heavy atom. The summed E-state index contributed by atoms with van der Waals surface area (Å²) < 4.78 is 21.9. The molecule has 18 heavy (non-hydrogen) atoms. The summed E-state index contributed by atoms with van der Waals surface area (Å²) in [5.41, 5.74) is 0.782. The molecule has 0 fully saturated rings. The highest BCUT2D eigenvalue weighted by Crippen LogP contribution is 2.08. The van der Waals surface area contributed by atoms with Crippen LogP contribution in [0.5, 0.6) is 0 Å². The summed E-state index contributed by atoms with van der Waals surface area (Å²) in [6.07, 6.45) is 1.75. The molecule has 1 aromatic rings. The Labute approximate surface area is 104 Å². The highest BCUT2D eigenvalue weighted by Gasteiger charge is 2.13. The van der Waals surface area contributed by atoms with Crippen molar-refractivity contribution in [2.75, 3.05) is 7.11 Å². The van der Waals surface area contributed by atoms with Crippen molar-refractivity contribution < 1.29 is 23.5 Å². The second kappa shape index (κ2) is 6.54. The van der Waals surface area contributed by atoms with Crippen LogP contribution in [0.2, 0.25) is 0 Å². The van der Waals surface area contributed by atoms with Gasteiger partial charge in [-0.25, -0.2) is 9.18 Å². The lowest BCUT2D eigenvalue weighted by molar-refractivity contribution is -0.148. The Morgan fingerprint density at radius 3 is 2.39 bits per heavy atom. The van der Waals surface area contributed by atoms with E-state index >= 15 is 0 Å². The van der Waals surface area contributed by atoms with Gasteiger partial charge in [-0.1, -0.05) is 12.1 Å². The minimum atomic E-state index is -0.729. The molecule has 0 aromatic heterocycles. The predicted octanol–water partition coefficient (Wildman–Crippen LogP) is 1.99. The van der Waals surface area contributed by atoms with E-state index in [0.717, 1.165) is 5.56 Å². The normalized spacial score (nSPS) is 10.9. The molecule has 0 aliphatic heterocycles. The van der Waals surface area contributed by atoms with Gasteiger partial charge in [0.05, 0.1) is 7.11 Å². The predicted molar refractivity (Wildman–Crippen MR) is 62.0 cm³/mol. The zero-order valence-corrected chi connectivity index (χ0v) is 10.1. The number of rotatable bonds is 4. The zero-order valence-electron chi connectivity index (χ0n) is 10.1. The second-order valence-corrected chi connectivity index (χ2v) is 3.48. The van der Waals surface area contributed by atoms with Gasteiger partial charge in [-0.05, 0) is 30.2 Å².